The predicted octanol–water partition coefficient (Wildman–Crippen LogP) is 3.52. The Kier molecular flexibility index (Phi) is 7.20. The molecule has 7 nitrogen and oxygen atoms in total. The summed E-state index contributed by atoms with van der Waals surface area (Å²) in [7, 11) is 0. The van der Waals surface area contributed by atoms with E-state index in [2.05, 4.69) is 15.8 Å². The molecule has 0 unspecified atom stereocenters. The average Bonchev–Trinajstić information content (AvgIpc) is 3.10. The number of ether oxygens (including phenoxy) is 1. The van der Waals surface area contributed by atoms with Crippen LogP contribution < -0.4 is 15.4 Å². The summed E-state index contributed by atoms with van der Waals surface area (Å²) in [4.78, 5) is 23.5. The first-order chi connectivity index (χ1) is 12.5. The van der Waals surface area contributed by atoms with Gasteiger partial charge < -0.3 is 19.9 Å². The van der Waals surface area contributed by atoms with Crippen LogP contribution in [0.1, 0.15) is 56.3 Å². The Hall–Kier alpha value is -2.83. The Balaban J connectivity index is 1.85. The lowest BCUT2D eigenvalue weighted by molar-refractivity contribution is -0.116. The van der Waals surface area contributed by atoms with Crippen molar-refractivity contribution in [3.63, 3.8) is 0 Å². The van der Waals surface area contributed by atoms with Gasteiger partial charge in [-0.1, -0.05) is 19.0 Å². The summed E-state index contributed by atoms with van der Waals surface area (Å²) < 4.78 is 10.7. The van der Waals surface area contributed by atoms with Crippen molar-refractivity contribution >= 4 is 17.5 Å². The molecule has 0 fully saturated rings. The highest BCUT2D eigenvalue weighted by Crippen LogP contribution is 2.17. The number of rotatable bonds is 9. The molecule has 140 valence electrons. The van der Waals surface area contributed by atoms with Gasteiger partial charge in [-0.3, -0.25) is 9.59 Å². The van der Waals surface area contributed by atoms with Crippen LogP contribution in [0.15, 0.2) is 34.9 Å². The zero-order valence-electron chi connectivity index (χ0n) is 15.4. The molecular weight excluding hydrogens is 334 g/mol. The van der Waals surface area contributed by atoms with Gasteiger partial charge in [0.25, 0.3) is 5.91 Å². The van der Waals surface area contributed by atoms with Crippen LogP contribution >= 0.6 is 0 Å². The SMILES string of the molecule is CCCC(=O)Nc1ccc(OCc2cc(C(=O)N[C@H](C)CC)no2)cc1. The number of aromatic nitrogens is 1. The number of nitrogens with one attached hydrogen (secondary N) is 2. The second-order valence-electron chi connectivity index (χ2n) is 6.07. The topological polar surface area (TPSA) is 93.5 Å². The maximum Gasteiger partial charge on any atom is 0.273 e. The molecule has 2 rings (SSSR count). The number of hydrogen-bond acceptors (Lipinski definition) is 5. The summed E-state index contributed by atoms with van der Waals surface area (Å²) in [6, 6.07) is 8.71. The highest BCUT2D eigenvalue weighted by molar-refractivity contribution is 5.92. The third-order valence-corrected chi connectivity index (χ3v) is 3.78. The number of carbonyl (C=O) groups is 2. The Morgan fingerprint density at radius 2 is 1.96 bits per heavy atom. The molecule has 0 saturated heterocycles. The molecular formula is C19H25N3O4. The molecule has 0 spiro atoms. The highest BCUT2D eigenvalue weighted by Gasteiger charge is 2.14. The van der Waals surface area contributed by atoms with E-state index in [1.807, 2.05) is 20.8 Å². The first-order valence-corrected chi connectivity index (χ1v) is 8.81. The molecule has 26 heavy (non-hydrogen) atoms. The van der Waals surface area contributed by atoms with Gasteiger partial charge in [-0.25, -0.2) is 0 Å². The summed E-state index contributed by atoms with van der Waals surface area (Å²) in [5.74, 6) is 0.813. The van der Waals surface area contributed by atoms with Gasteiger partial charge >= 0.3 is 0 Å². The molecule has 2 aromatic rings. The monoisotopic (exact) mass is 359 g/mol. The van der Waals surface area contributed by atoms with Crippen LogP contribution in [-0.4, -0.2) is 23.0 Å². The Morgan fingerprint density at radius 3 is 2.62 bits per heavy atom. The number of benzene rings is 1. The molecule has 1 aromatic carbocycles. The van der Waals surface area contributed by atoms with Gasteiger partial charge in [-0.2, -0.15) is 0 Å². The van der Waals surface area contributed by atoms with Crippen molar-refractivity contribution in [3.05, 3.63) is 41.8 Å². The molecule has 0 bridgehead atoms. The van der Waals surface area contributed by atoms with Gasteiger partial charge in [0.1, 0.15) is 12.4 Å². The van der Waals surface area contributed by atoms with Gasteiger partial charge in [0.2, 0.25) is 5.91 Å². The lowest BCUT2D eigenvalue weighted by Crippen LogP contribution is -2.32. The van der Waals surface area contributed by atoms with Crippen LogP contribution in [0.4, 0.5) is 5.69 Å². The van der Waals surface area contributed by atoms with Gasteiger partial charge in [0, 0.05) is 24.2 Å². The lowest BCUT2D eigenvalue weighted by Gasteiger charge is -2.08. The van der Waals surface area contributed by atoms with Crippen molar-refractivity contribution in [1.82, 2.24) is 10.5 Å². The second-order valence-corrected chi connectivity index (χ2v) is 6.07. The van der Waals surface area contributed by atoms with Crippen LogP contribution in [0.5, 0.6) is 5.75 Å². The quantitative estimate of drug-likeness (QED) is 0.714. The Labute approximate surface area is 153 Å². The van der Waals surface area contributed by atoms with Gasteiger partial charge in [0.05, 0.1) is 0 Å². The summed E-state index contributed by atoms with van der Waals surface area (Å²) >= 11 is 0. The van der Waals surface area contributed by atoms with Crippen molar-refractivity contribution in [2.24, 2.45) is 0 Å². The van der Waals surface area contributed by atoms with Crippen molar-refractivity contribution < 1.29 is 18.8 Å². The van der Waals surface area contributed by atoms with Crippen LogP contribution in [0.3, 0.4) is 0 Å². The Morgan fingerprint density at radius 1 is 1.23 bits per heavy atom. The zero-order chi connectivity index (χ0) is 18.9. The number of amides is 2. The fourth-order valence-corrected chi connectivity index (χ4v) is 2.13. The standard InChI is InChI=1S/C19H25N3O4/c1-4-6-18(23)21-14-7-9-15(10-8-14)25-12-16-11-17(22-26-16)19(24)20-13(3)5-2/h7-11,13H,4-6,12H2,1-3H3,(H,20,24)(H,21,23)/t13-/m1/s1. The predicted molar refractivity (Wildman–Crippen MR) is 98.0 cm³/mol. The third kappa shape index (κ3) is 5.91. The van der Waals surface area contributed by atoms with Crippen LogP contribution in [0.2, 0.25) is 0 Å². The largest absolute Gasteiger partial charge is 0.486 e. The van der Waals surface area contributed by atoms with E-state index in [9.17, 15) is 9.59 Å². The summed E-state index contributed by atoms with van der Waals surface area (Å²) in [5, 5.41) is 9.40. The number of carbonyl (C=O) groups excluding carboxylic acids is 2. The zero-order valence-corrected chi connectivity index (χ0v) is 15.4. The molecule has 1 heterocycles. The number of anilines is 1. The summed E-state index contributed by atoms with van der Waals surface area (Å²) in [6.45, 7) is 6.04. The minimum atomic E-state index is -0.262. The smallest absolute Gasteiger partial charge is 0.273 e. The second kappa shape index (κ2) is 9.60. The third-order valence-electron chi connectivity index (χ3n) is 3.78. The van der Waals surface area contributed by atoms with Crippen molar-refractivity contribution in [1.29, 1.82) is 0 Å². The highest BCUT2D eigenvalue weighted by atomic mass is 16.5. The molecule has 1 atom stereocenters. The minimum absolute atomic E-state index is 0.00831. The molecule has 0 aliphatic heterocycles. The minimum Gasteiger partial charge on any atom is -0.486 e. The molecule has 0 aliphatic carbocycles. The van der Waals surface area contributed by atoms with E-state index in [1.165, 1.54) is 0 Å². The maximum absolute atomic E-state index is 12.0. The van der Waals surface area contributed by atoms with Crippen molar-refractivity contribution in [3.8, 4) is 5.75 Å². The Bertz CT molecular complexity index is 725. The van der Waals surface area contributed by atoms with E-state index in [1.54, 1.807) is 30.3 Å². The fraction of sp³-hybridized carbons (Fsp3) is 0.421. The lowest BCUT2D eigenvalue weighted by atomic mass is 10.2. The van der Waals surface area contributed by atoms with Gasteiger partial charge in [-0.15, -0.1) is 0 Å². The maximum atomic E-state index is 12.0. The summed E-state index contributed by atoms with van der Waals surface area (Å²) in [5.41, 5.74) is 0.956. The van der Waals surface area contributed by atoms with Crippen LogP contribution in [-0.2, 0) is 11.4 Å². The van der Waals surface area contributed by atoms with Gasteiger partial charge in [0.15, 0.2) is 11.5 Å². The fourth-order valence-electron chi connectivity index (χ4n) is 2.13. The molecule has 0 radical (unpaired) electrons. The van der Waals surface area contributed by atoms with E-state index >= 15 is 0 Å². The van der Waals surface area contributed by atoms with E-state index in [0.717, 1.165) is 18.5 Å². The van der Waals surface area contributed by atoms with Crippen molar-refractivity contribution in [2.45, 2.75) is 52.7 Å². The first-order valence-electron chi connectivity index (χ1n) is 8.81. The van der Waals surface area contributed by atoms with E-state index in [-0.39, 0.29) is 30.2 Å². The van der Waals surface area contributed by atoms with Gasteiger partial charge in [-0.05, 0) is 44.0 Å². The number of nitrogens with zero attached hydrogens (tertiary/aromatic N) is 1. The van der Waals surface area contributed by atoms with Crippen molar-refractivity contribution in [2.75, 3.05) is 5.32 Å². The van der Waals surface area contributed by atoms with E-state index < -0.39 is 0 Å². The molecule has 0 saturated carbocycles. The molecule has 2 N–H and O–H groups in total. The van der Waals surface area contributed by atoms with E-state index in [0.29, 0.717) is 17.9 Å². The van der Waals surface area contributed by atoms with E-state index in [4.69, 9.17) is 9.26 Å². The average molecular weight is 359 g/mol. The van der Waals surface area contributed by atoms with Crippen LogP contribution in [0.25, 0.3) is 0 Å². The summed E-state index contributed by atoms with van der Waals surface area (Å²) in [6.07, 6.45) is 2.15. The molecule has 0 aliphatic rings. The molecule has 1 aromatic heterocycles. The number of hydrogen-bond donors (Lipinski definition) is 2. The van der Waals surface area contributed by atoms with Crippen LogP contribution in [0, 0.1) is 0 Å². The normalized spacial score (nSPS) is 11.7. The molecule has 7 heteroatoms. The first kappa shape index (κ1) is 19.5. The molecule has 2 amide bonds.